The van der Waals surface area contributed by atoms with Gasteiger partial charge in [-0.05, 0) is 20.8 Å². The normalized spacial score (nSPS) is 13.2. The first kappa shape index (κ1) is 31.0. The second kappa shape index (κ2) is 14.7. The largest absolute Gasteiger partial charge is 0.501 e. The molecule has 0 aromatic carbocycles. The maximum absolute atomic E-state index is 12.2. The predicted octanol–water partition coefficient (Wildman–Crippen LogP) is 4.80. The lowest BCUT2D eigenvalue weighted by molar-refractivity contribution is -0.133. The van der Waals surface area contributed by atoms with Crippen LogP contribution in [0.25, 0.3) is 0 Å². The zero-order valence-electron chi connectivity index (χ0n) is 17.7. The summed E-state index contributed by atoms with van der Waals surface area (Å²) in [5.41, 5.74) is 0. The minimum atomic E-state index is -4.20. The van der Waals surface area contributed by atoms with Gasteiger partial charge in [0.1, 0.15) is 0 Å². The molecule has 0 aromatic heterocycles. The molecule has 0 aliphatic carbocycles. The third-order valence-electron chi connectivity index (χ3n) is 3.46. The van der Waals surface area contributed by atoms with E-state index in [4.69, 9.17) is 26.6 Å². The summed E-state index contributed by atoms with van der Waals surface area (Å²) in [5.74, 6) is 0. The molecule has 0 amide bonds. The molecular weight excluding hydrogens is 446 g/mol. The highest BCUT2D eigenvalue weighted by Crippen LogP contribution is 2.28. The highest BCUT2D eigenvalue weighted by Gasteiger charge is 2.44. The minimum Gasteiger partial charge on any atom is -0.377 e. The maximum atomic E-state index is 12.2. The fraction of sp³-hybridized carbons (Fsp3) is 1.00. The molecule has 6 nitrogen and oxygen atoms in total. The van der Waals surface area contributed by atoms with Gasteiger partial charge in [0.2, 0.25) is 0 Å². The van der Waals surface area contributed by atoms with Gasteiger partial charge in [0, 0.05) is 66.1 Å². The Morgan fingerprint density at radius 2 is 0.828 bits per heavy atom. The molecule has 0 aliphatic rings. The van der Waals surface area contributed by atoms with E-state index in [1.54, 1.807) is 20.8 Å². The summed E-state index contributed by atoms with van der Waals surface area (Å²) in [6.45, 7) is 6.03. The number of hydrogen-bond acceptors (Lipinski definition) is 6. The summed E-state index contributed by atoms with van der Waals surface area (Å²) >= 11 is 0. The molecule has 0 saturated heterocycles. The van der Waals surface area contributed by atoms with E-state index >= 15 is 0 Å². The Morgan fingerprint density at radius 3 is 1.03 bits per heavy atom. The van der Waals surface area contributed by atoms with E-state index in [0.29, 0.717) is 19.8 Å². The quantitative estimate of drug-likeness (QED) is 0.280. The molecule has 0 aliphatic heterocycles. The summed E-state index contributed by atoms with van der Waals surface area (Å²) in [5, 5.41) is 0. The molecule has 0 fully saturated rings. The summed E-state index contributed by atoms with van der Waals surface area (Å²) in [6.07, 6.45) is -10.3. The van der Waals surface area contributed by atoms with E-state index in [1.165, 1.54) is 21.3 Å². The van der Waals surface area contributed by atoms with Crippen molar-refractivity contribution in [1.82, 2.24) is 0 Å². The van der Waals surface area contributed by atoms with Gasteiger partial charge in [-0.2, -0.15) is 26.3 Å². The molecule has 29 heavy (non-hydrogen) atoms. The Labute approximate surface area is 170 Å². The third kappa shape index (κ3) is 15.3. The van der Waals surface area contributed by atoms with Crippen LogP contribution in [0.1, 0.15) is 33.6 Å². The van der Waals surface area contributed by atoms with Crippen LogP contribution in [-0.4, -0.2) is 71.1 Å². The van der Waals surface area contributed by atoms with Crippen molar-refractivity contribution in [2.75, 3.05) is 41.2 Å². The van der Waals surface area contributed by atoms with E-state index in [0.717, 1.165) is 0 Å². The molecule has 0 bridgehead atoms. The van der Waals surface area contributed by atoms with E-state index in [2.05, 4.69) is 0 Å². The zero-order chi connectivity index (χ0) is 23.2. The molecule has 0 spiro atoms. The maximum Gasteiger partial charge on any atom is 0.501 e. The van der Waals surface area contributed by atoms with Crippen molar-refractivity contribution in [3.05, 3.63) is 0 Å². The highest BCUT2D eigenvalue weighted by atomic mass is 28.4. The smallest absolute Gasteiger partial charge is 0.377 e. The van der Waals surface area contributed by atoms with E-state index in [1.807, 2.05) is 0 Å². The lowest BCUT2D eigenvalue weighted by Gasteiger charge is -2.28. The van der Waals surface area contributed by atoms with Gasteiger partial charge in [0.05, 0.1) is 0 Å². The Bertz CT molecular complexity index is 382. The fourth-order valence-corrected chi connectivity index (χ4v) is 6.44. The highest BCUT2D eigenvalue weighted by molar-refractivity contribution is 6.61. The van der Waals surface area contributed by atoms with Crippen molar-refractivity contribution in [2.45, 2.75) is 58.1 Å². The molecule has 0 rings (SSSR count). The molecule has 14 heteroatoms. The average molecular weight is 479 g/mol. The van der Waals surface area contributed by atoms with Crippen LogP contribution in [0.2, 0.25) is 12.1 Å². The van der Waals surface area contributed by atoms with Crippen molar-refractivity contribution in [3.63, 3.8) is 0 Å². The van der Waals surface area contributed by atoms with Crippen LogP contribution in [0.3, 0.4) is 0 Å². The lowest BCUT2D eigenvalue weighted by atomic mass is 10.5. The Morgan fingerprint density at radius 1 is 0.552 bits per heavy atom. The number of alkyl halides is 6. The summed E-state index contributed by atoms with van der Waals surface area (Å²) in [6, 6.07) is -0.466. The van der Waals surface area contributed by atoms with E-state index < -0.39 is 42.8 Å². The van der Waals surface area contributed by atoms with Gasteiger partial charge < -0.3 is 26.6 Å². The van der Waals surface area contributed by atoms with Crippen LogP contribution in [0.5, 0.6) is 0 Å². The molecule has 178 valence electrons. The van der Waals surface area contributed by atoms with Gasteiger partial charge in [0.15, 0.2) is 0 Å². The summed E-state index contributed by atoms with van der Waals surface area (Å²) in [7, 11) is -2.31. The lowest BCUT2D eigenvalue weighted by Crippen LogP contribution is -2.46. The second-order valence-electron chi connectivity index (χ2n) is 5.51. The van der Waals surface area contributed by atoms with Crippen molar-refractivity contribution in [2.24, 2.45) is 0 Å². The van der Waals surface area contributed by atoms with Crippen LogP contribution in [-0.2, 0) is 26.6 Å². The Hall–Kier alpha value is -0.226. The van der Waals surface area contributed by atoms with Crippen LogP contribution in [0.4, 0.5) is 26.3 Å². The first-order valence-corrected chi connectivity index (χ1v) is 12.8. The van der Waals surface area contributed by atoms with E-state index in [-0.39, 0.29) is 12.1 Å². The molecule has 0 unspecified atom stereocenters. The van der Waals surface area contributed by atoms with Gasteiger partial charge in [0.25, 0.3) is 0 Å². The number of hydrogen-bond donors (Lipinski definition) is 0. The van der Waals surface area contributed by atoms with Gasteiger partial charge in [-0.3, -0.25) is 0 Å². The Kier molecular flexibility index (Phi) is 15.7. The van der Waals surface area contributed by atoms with Crippen molar-refractivity contribution < 1.29 is 52.9 Å². The monoisotopic (exact) mass is 478 g/mol. The standard InChI is InChI=1S/C9H19F3O3Si.C6H13F3O3Si/c1-4-13-16(14-5-2,15-6-3)8-7-9(10,11)12;1-10-13(11-2,12-3)5-4-6(7,8)9/h4-8H2,1-3H3;4-5H2,1-3H3. The topological polar surface area (TPSA) is 55.4 Å². The predicted molar refractivity (Wildman–Crippen MR) is 98.4 cm³/mol. The molecule has 0 aromatic rings. The van der Waals surface area contributed by atoms with Gasteiger partial charge in [-0.1, -0.05) is 0 Å². The SMILES string of the molecule is CCO[Si](CCC(F)(F)F)(OCC)OCC.CO[Si](CCC(F)(F)F)(OC)OC. The van der Waals surface area contributed by atoms with Crippen molar-refractivity contribution in [1.29, 1.82) is 0 Å². The second-order valence-corrected chi connectivity index (χ2v) is 11.3. The van der Waals surface area contributed by atoms with Crippen LogP contribution in [0.15, 0.2) is 0 Å². The van der Waals surface area contributed by atoms with Crippen LogP contribution >= 0.6 is 0 Å². The molecule has 0 saturated carbocycles. The van der Waals surface area contributed by atoms with Gasteiger partial charge >= 0.3 is 30.0 Å². The molecule has 0 atom stereocenters. The summed E-state index contributed by atoms with van der Waals surface area (Å²) < 4.78 is 102. The summed E-state index contributed by atoms with van der Waals surface area (Å²) in [4.78, 5) is 0. The Balaban J connectivity index is 0. The molecule has 0 N–H and O–H groups in total. The first-order chi connectivity index (χ1) is 13.3. The minimum absolute atomic E-state index is 0.216. The van der Waals surface area contributed by atoms with Crippen molar-refractivity contribution >= 4 is 17.6 Å². The van der Waals surface area contributed by atoms with Gasteiger partial charge in [-0.15, -0.1) is 0 Å². The first-order valence-electron chi connectivity index (χ1n) is 8.98. The molecular formula is C15H32F6O6Si2. The molecule has 0 radical (unpaired) electrons. The van der Waals surface area contributed by atoms with Crippen molar-refractivity contribution in [3.8, 4) is 0 Å². The third-order valence-corrected chi connectivity index (χ3v) is 9.23. The molecule has 0 heterocycles. The average Bonchev–Trinajstić information content (AvgIpc) is 2.62. The number of halogens is 6. The number of rotatable bonds is 13. The van der Waals surface area contributed by atoms with Crippen LogP contribution < -0.4 is 0 Å². The van der Waals surface area contributed by atoms with E-state index in [9.17, 15) is 26.3 Å². The fourth-order valence-electron chi connectivity index (χ4n) is 2.15. The van der Waals surface area contributed by atoms with Crippen LogP contribution in [0, 0.1) is 0 Å². The van der Waals surface area contributed by atoms with Gasteiger partial charge in [-0.25, -0.2) is 0 Å². The zero-order valence-corrected chi connectivity index (χ0v) is 19.7.